The Hall–Kier alpha value is -4.29. The van der Waals surface area contributed by atoms with Crippen molar-refractivity contribution in [3.63, 3.8) is 0 Å². The summed E-state index contributed by atoms with van der Waals surface area (Å²) in [6, 6.07) is 17.9. The maximum absolute atomic E-state index is 13.1. The van der Waals surface area contributed by atoms with Gasteiger partial charge in [-0.15, -0.1) is 0 Å². The van der Waals surface area contributed by atoms with Crippen LogP contribution < -0.4 is 0 Å². The highest BCUT2D eigenvalue weighted by Gasteiger charge is 2.42. The Balaban J connectivity index is 1.44. The van der Waals surface area contributed by atoms with E-state index in [0.29, 0.717) is 16.9 Å². The lowest BCUT2D eigenvalue weighted by Crippen LogP contribution is -2.45. The normalized spacial score (nSPS) is 16.7. The average molecular weight is 521 g/mol. The number of hydrogen-bond acceptors (Lipinski definition) is 8. The van der Waals surface area contributed by atoms with Gasteiger partial charge in [-0.2, -0.15) is 9.39 Å². The number of carbonyl (C=O) groups is 2. The van der Waals surface area contributed by atoms with Crippen LogP contribution in [0.4, 0.5) is 0 Å². The topological polar surface area (TPSA) is 153 Å². The number of carbonyl (C=O) groups excluding carboxylic acids is 1. The summed E-state index contributed by atoms with van der Waals surface area (Å²) in [6.45, 7) is 0. The molecule has 0 bridgehead atoms. The molecule has 10 nitrogen and oxygen atoms in total. The van der Waals surface area contributed by atoms with Crippen LogP contribution >= 0.6 is 11.9 Å². The molecule has 1 amide bonds. The van der Waals surface area contributed by atoms with Gasteiger partial charge in [-0.05, 0) is 35.9 Å². The largest absolute Gasteiger partial charge is 0.478 e. The van der Waals surface area contributed by atoms with E-state index < -0.39 is 27.5 Å². The van der Waals surface area contributed by atoms with E-state index in [1.165, 1.54) is 18.2 Å². The molecule has 180 valence electrons. The van der Waals surface area contributed by atoms with Crippen molar-refractivity contribution >= 4 is 55.9 Å². The predicted molar refractivity (Wildman–Crippen MR) is 135 cm³/mol. The lowest BCUT2D eigenvalue weighted by atomic mass is 10.1. The van der Waals surface area contributed by atoms with Crippen molar-refractivity contribution < 1.29 is 27.5 Å². The van der Waals surface area contributed by atoms with E-state index in [9.17, 15) is 23.1 Å². The van der Waals surface area contributed by atoms with Crippen molar-refractivity contribution in [3.05, 3.63) is 89.2 Å². The second kappa shape index (κ2) is 9.06. The molecule has 3 aromatic rings. The summed E-state index contributed by atoms with van der Waals surface area (Å²) in [5.74, 6) is -1.97. The molecule has 0 radical (unpaired) electrons. The highest BCUT2D eigenvalue weighted by molar-refractivity contribution is 8.16. The number of aromatic carboxylic acids is 1. The number of nitrogens with zero attached hydrogens (tertiary/aromatic N) is 3. The van der Waals surface area contributed by atoms with Gasteiger partial charge in [-0.1, -0.05) is 42.5 Å². The van der Waals surface area contributed by atoms with Crippen molar-refractivity contribution in [2.45, 2.75) is 5.75 Å². The van der Waals surface area contributed by atoms with Gasteiger partial charge in [0.2, 0.25) is 20.2 Å². The van der Waals surface area contributed by atoms with E-state index in [1.807, 2.05) is 0 Å². The fraction of sp³-hybridized carbons (Fsp3) is 0.0417. The standard InChI is InChI=1S/C24H16N4O6S2/c25-20-18(12-17-9-10-19(34-17)15-7-4-8-16(11-15)22(30)31)21(29)26-23-28(20)24(27-35-23)36(32,33)13-14-5-2-1-3-6-14/h1-12,25H,13H2,(H,30,31)/b18-12-,25-20?. The first-order chi connectivity index (χ1) is 17.2. The Morgan fingerprint density at radius 1 is 1.11 bits per heavy atom. The molecule has 3 heterocycles. The molecule has 2 N–H and O–H groups in total. The summed E-state index contributed by atoms with van der Waals surface area (Å²) < 4.78 is 35.9. The molecule has 2 aliphatic heterocycles. The number of nitrogens with one attached hydrogen (secondary N) is 1. The van der Waals surface area contributed by atoms with Gasteiger partial charge >= 0.3 is 5.97 Å². The molecule has 0 aliphatic carbocycles. The fourth-order valence-corrected chi connectivity index (χ4v) is 6.06. The maximum Gasteiger partial charge on any atom is 0.335 e. The molecule has 1 aromatic heterocycles. The fourth-order valence-electron chi connectivity index (χ4n) is 3.59. The molecule has 5 rings (SSSR count). The number of sulfone groups is 1. The van der Waals surface area contributed by atoms with E-state index in [4.69, 9.17) is 9.83 Å². The van der Waals surface area contributed by atoms with Crippen LogP contribution in [0.3, 0.4) is 0 Å². The molecule has 36 heavy (non-hydrogen) atoms. The van der Waals surface area contributed by atoms with E-state index in [1.54, 1.807) is 54.6 Å². The number of benzene rings is 2. The first kappa shape index (κ1) is 23.5. The predicted octanol–water partition coefficient (Wildman–Crippen LogP) is 3.84. The number of furan rings is 1. The van der Waals surface area contributed by atoms with Crippen molar-refractivity contribution in [2.24, 2.45) is 9.39 Å². The van der Waals surface area contributed by atoms with E-state index in [0.717, 1.165) is 16.8 Å². The number of hydrogen-bond donors (Lipinski definition) is 2. The van der Waals surface area contributed by atoms with Crippen molar-refractivity contribution in [2.75, 3.05) is 0 Å². The summed E-state index contributed by atoms with van der Waals surface area (Å²) in [7, 11) is -3.95. The summed E-state index contributed by atoms with van der Waals surface area (Å²) in [5, 5.41) is 17.4. The van der Waals surface area contributed by atoms with Crippen LogP contribution in [-0.2, 0) is 20.4 Å². The number of rotatable bonds is 5. The molecule has 2 aromatic carbocycles. The number of amides is 1. The third kappa shape index (κ3) is 4.39. The molecule has 0 fully saturated rings. The van der Waals surface area contributed by atoms with Gasteiger partial charge in [0.15, 0.2) is 0 Å². The van der Waals surface area contributed by atoms with E-state index >= 15 is 0 Å². The zero-order chi connectivity index (χ0) is 25.4. The minimum absolute atomic E-state index is 0.0144. The third-order valence-corrected chi connectivity index (χ3v) is 7.64. The highest BCUT2D eigenvalue weighted by atomic mass is 32.2. The Morgan fingerprint density at radius 3 is 2.64 bits per heavy atom. The highest BCUT2D eigenvalue weighted by Crippen LogP contribution is 2.32. The van der Waals surface area contributed by atoms with Crippen LogP contribution in [-0.4, -0.2) is 46.5 Å². The van der Waals surface area contributed by atoms with E-state index in [2.05, 4.69) is 9.39 Å². The maximum atomic E-state index is 13.1. The first-order valence-corrected chi connectivity index (χ1v) is 12.8. The molecule has 12 heteroatoms. The van der Waals surface area contributed by atoms with Crippen molar-refractivity contribution in [3.8, 4) is 11.3 Å². The Bertz CT molecular complexity index is 1620. The molecule has 0 spiro atoms. The van der Waals surface area contributed by atoms with Crippen molar-refractivity contribution in [1.82, 2.24) is 4.90 Å². The van der Waals surface area contributed by atoms with Crippen LogP contribution in [0, 0.1) is 5.41 Å². The van der Waals surface area contributed by atoms with Gasteiger partial charge in [0.25, 0.3) is 5.91 Å². The Kier molecular flexibility index (Phi) is 5.90. The SMILES string of the molecule is N=C1/C(=C/c2ccc(-c3cccc(C(=O)O)c3)o2)C(=O)N=C2SN=C(S(=O)(=O)Cc3ccccc3)N12. The molecular formula is C24H16N4O6S2. The molecule has 2 aliphatic rings. The minimum Gasteiger partial charge on any atom is -0.478 e. The van der Waals surface area contributed by atoms with E-state index in [-0.39, 0.29) is 33.0 Å². The average Bonchev–Trinajstić information content (AvgIpc) is 3.50. The number of aliphatic imine (C=N–C) groups is 1. The number of fused-ring (bicyclic) bond motifs is 1. The second-order valence-electron chi connectivity index (χ2n) is 7.74. The molecule has 0 unspecified atom stereocenters. The summed E-state index contributed by atoms with van der Waals surface area (Å²) >= 11 is 0.717. The van der Waals surface area contributed by atoms with Gasteiger partial charge in [0, 0.05) is 5.56 Å². The van der Waals surface area contributed by atoms with Gasteiger partial charge in [0.1, 0.15) is 17.4 Å². The number of amidine groups is 3. The monoisotopic (exact) mass is 520 g/mol. The third-order valence-electron chi connectivity index (χ3n) is 5.28. The summed E-state index contributed by atoms with van der Waals surface area (Å²) in [4.78, 5) is 28.8. The summed E-state index contributed by atoms with van der Waals surface area (Å²) in [6.07, 6.45) is 1.29. The zero-order valence-electron chi connectivity index (χ0n) is 18.3. The molecule has 0 atom stereocenters. The van der Waals surface area contributed by atoms with Crippen molar-refractivity contribution in [1.29, 1.82) is 5.41 Å². The molecular weight excluding hydrogens is 504 g/mol. The van der Waals surface area contributed by atoms with Gasteiger partial charge in [-0.3, -0.25) is 10.2 Å². The Morgan fingerprint density at radius 2 is 1.89 bits per heavy atom. The first-order valence-electron chi connectivity index (χ1n) is 10.4. The lowest BCUT2D eigenvalue weighted by molar-refractivity contribution is -0.114. The minimum atomic E-state index is -3.95. The summed E-state index contributed by atoms with van der Waals surface area (Å²) in [5.41, 5.74) is 0.984. The van der Waals surface area contributed by atoms with Crippen LogP contribution in [0.25, 0.3) is 17.4 Å². The van der Waals surface area contributed by atoms with Crippen LogP contribution in [0.2, 0.25) is 0 Å². The van der Waals surface area contributed by atoms with Crippen LogP contribution in [0.5, 0.6) is 0 Å². The Labute approximate surface area is 209 Å². The number of carboxylic acid groups (broad SMARTS) is 1. The smallest absolute Gasteiger partial charge is 0.335 e. The van der Waals surface area contributed by atoms with Crippen LogP contribution in [0.15, 0.2) is 86.1 Å². The quantitative estimate of drug-likeness (QED) is 0.380. The lowest BCUT2D eigenvalue weighted by Gasteiger charge is -2.24. The zero-order valence-corrected chi connectivity index (χ0v) is 19.9. The second-order valence-corrected chi connectivity index (χ2v) is 10.4. The van der Waals surface area contributed by atoms with Gasteiger partial charge in [0.05, 0.1) is 28.8 Å². The molecule has 0 saturated heterocycles. The van der Waals surface area contributed by atoms with Gasteiger partial charge in [-0.25, -0.2) is 18.1 Å². The van der Waals surface area contributed by atoms with Crippen LogP contribution in [0.1, 0.15) is 21.7 Å². The molecule has 0 saturated carbocycles. The van der Waals surface area contributed by atoms with Gasteiger partial charge < -0.3 is 9.52 Å². The number of carboxylic acids is 1.